The summed E-state index contributed by atoms with van der Waals surface area (Å²) < 4.78 is 0. The van der Waals surface area contributed by atoms with E-state index in [-0.39, 0.29) is 0 Å². The number of benzene rings is 1. The molecule has 0 radical (unpaired) electrons. The fourth-order valence-corrected chi connectivity index (χ4v) is 2.48. The molecule has 2 nitrogen and oxygen atoms in total. The normalized spacial score (nSPS) is 20.9. The summed E-state index contributed by atoms with van der Waals surface area (Å²) >= 11 is 0. The van der Waals surface area contributed by atoms with E-state index in [2.05, 4.69) is 30.0 Å². The minimum atomic E-state index is 0.747. The summed E-state index contributed by atoms with van der Waals surface area (Å²) in [5, 5.41) is 8.73. The number of hydrogen-bond donors (Lipinski definition) is 0. The number of rotatable bonds is 3. The first-order chi connectivity index (χ1) is 7.83. The van der Waals surface area contributed by atoms with E-state index >= 15 is 0 Å². The first kappa shape index (κ1) is 11.2. The highest BCUT2D eigenvalue weighted by atomic mass is 15.2. The molecule has 0 amide bonds. The van der Waals surface area contributed by atoms with Crippen LogP contribution in [0.5, 0.6) is 0 Å². The highest BCUT2D eigenvalue weighted by Crippen LogP contribution is 2.22. The van der Waals surface area contributed by atoms with Crippen molar-refractivity contribution in [3.8, 4) is 6.07 Å². The highest BCUT2D eigenvalue weighted by molar-refractivity contribution is 5.31. The number of likely N-dealkylation sites (tertiary alicyclic amines) is 1. The van der Waals surface area contributed by atoms with Crippen LogP contribution >= 0.6 is 0 Å². The zero-order valence-corrected chi connectivity index (χ0v) is 9.82. The maximum atomic E-state index is 8.73. The van der Waals surface area contributed by atoms with Gasteiger partial charge >= 0.3 is 0 Å². The lowest BCUT2D eigenvalue weighted by Gasteiger charge is -2.23. The van der Waals surface area contributed by atoms with Crippen molar-refractivity contribution in [3.05, 3.63) is 35.4 Å². The maximum absolute atomic E-state index is 8.73. The van der Waals surface area contributed by atoms with Crippen LogP contribution in [0.1, 0.15) is 37.3 Å². The van der Waals surface area contributed by atoms with Crippen molar-refractivity contribution < 1.29 is 0 Å². The Morgan fingerprint density at radius 2 is 2.12 bits per heavy atom. The Kier molecular flexibility index (Phi) is 3.58. The molecule has 0 spiro atoms. The van der Waals surface area contributed by atoms with Gasteiger partial charge < -0.3 is 0 Å². The Balaban J connectivity index is 2.00. The molecule has 0 aromatic heterocycles. The second-order valence-corrected chi connectivity index (χ2v) is 4.48. The van der Waals surface area contributed by atoms with Gasteiger partial charge in [0, 0.05) is 12.6 Å². The molecule has 1 aromatic rings. The second kappa shape index (κ2) is 5.14. The fourth-order valence-electron chi connectivity index (χ4n) is 2.48. The second-order valence-electron chi connectivity index (χ2n) is 4.48. The van der Waals surface area contributed by atoms with Crippen LogP contribution in [0.4, 0.5) is 0 Å². The molecule has 2 rings (SSSR count). The van der Waals surface area contributed by atoms with Crippen molar-refractivity contribution in [2.24, 2.45) is 0 Å². The molecule has 1 aliphatic rings. The third-order valence-electron chi connectivity index (χ3n) is 3.44. The van der Waals surface area contributed by atoms with Gasteiger partial charge in [0.05, 0.1) is 11.6 Å². The van der Waals surface area contributed by atoms with Gasteiger partial charge in [0.15, 0.2) is 0 Å². The molecule has 1 aromatic carbocycles. The molecular formula is C14H18N2. The summed E-state index contributed by atoms with van der Waals surface area (Å²) in [6.07, 6.45) is 3.91. The van der Waals surface area contributed by atoms with Crippen molar-refractivity contribution in [1.29, 1.82) is 5.26 Å². The van der Waals surface area contributed by atoms with Gasteiger partial charge in [-0.1, -0.05) is 19.1 Å². The average molecular weight is 214 g/mol. The van der Waals surface area contributed by atoms with E-state index in [1.165, 1.54) is 31.4 Å². The van der Waals surface area contributed by atoms with E-state index in [0.29, 0.717) is 0 Å². The van der Waals surface area contributed by atoms with Gasteiger partial charge in [-0.05, 0) is 43.5 Å². The number of nitrogens with zero attached hydrogens (tertiary/aromatic N) is 2. The topological polar surface area (TPSA) is 27.0 Å². The zero-order valence-electron chi connectivity index (χ0n) is 9.82. The van der Waals surface area contributed by atoms with E-state index in [0.717, 1.165) is 18.2 Å². The van der Waals surface area contributed by atoms with Crippen LogP contribution in [0.2, 0.25) is 0 Å². The third-order valence-corrected chi connectivity index (χ3v) is 3.44. The lowest BCUT2D eigenvalue weighted by molar-refractivity contribution is 0.240. The van der Waals surface area contributed by atoms with Gasteiger partial charge in [-0.3, -0.25) is 4.90 Å². The lowest BCUT2D eigenvalue weighted by Crippen LogP contribution is -2.28. The smallest absolute Gasteiger partial charge is 0.0991 e. The van der Waals surface area contributed by atoms with E-state index in [9.17, 15) is 0 Å². The van der Waals surface area contributed by atoms with Crippen LogP contribution in [0, 0.1) is 11.3 Å². The molecule has 0 aliphatic carbocycles. The van der Waals surface area contributed by atoms with Gasteiger partial charge in [-0.25, -0.2) is 0 Å². The Labute approximate surface area is 97.5 Å². The Morgan fingerprint density at radius 1 is 1.38 bits per heavy atom. The van der Waals surface area contributed by atoms with Crippen LogP contribution in [0.15, 0.2) is 24.3 Å². The van der Waals surface area contributed by atoms with Crippen LogP contribution in [-0.4, -0.2) is 17.5 Å². The van der Waals surface area contributed by atoms with E-state index in [4.69, 9.17) is 5.26 Å². The van der Waals surface area contributed by atoms with Crippen molar-refractivity contribution in [3.63, 3.8) is 0 Å². The summed E-state index contributed by atoms with van der Waals surface area (Å²) in [6.45, 7) is 4.52. The molecule has 0 saturated carbocycles. The Bertz CT molecular complexity index is 375. The summed E-state index contributed by atoms with van der Waals surface area (Å²) in [4.78, 5) is 2.56. The first-order valence-corrected chi connectivity index (χ1v) is 6.06. The molecule has 1 saturated heterocycles. The van der Waals surface area contributed by atoms with Crippen LogP contribution in [0.25, 0.3) is 0 Å². The monoisotopic (exact) mass is 214 g/mol. The minimum absolute atomic E-state index is 0.747. The standard InChI is InChI=1S/C14H18N2/c1-2-14-4-3-9-16(14)11-13-7-5-12(10-15)6-8-13/h5-8,14H,2-4,9,11H2,1H3. The number of nitriles is 1. The molecular weight excluding hydrogens is 196 g/mol. The Morgan fingerprint density at radius 3 is 2.75 bits per heavy atom. The first-order valence-electron chi connectivity index (χ1n) is 6.06. The van der Waals surface area contributed by atoms with E-state index in [1.54, 1.807) is 0 Å². The van der Waals surface area contributed by atoms with E-state index < -0.39 is 0 Å². The summed E-state index contributed by atoms with van der Waals surface area (Å²) in [5.74, 6) is 0. The van der Waals surface area contributed by atoms with E-state index in [1.807, 2.05) is 12.1 Å². The van der Waals surface area contributed by atoms with Crippen LogP contribution in [0.3, 0.4) is 0 Å². The number of hydrogen-bond acceptors (Lipinski definition) is 2. The summed E-state index contributed by atoms with van der Waals surface area (Å²) in [6, 6.07) is 10.9. The van der Waals surface area contributed by atoms with Gasteiger partial charge in [0.2, 0.25) is 0 Å². The molecule has 0 N–H and O–H groups in total. The SMILES string of the molecule is CCC1CCCN1Cc1ccc(C#N)cc1. The molecule has 1 heterocycles. The molecule has 16 heavy (non-hydrogen) atoms. The van der Waals surface area contributed by atoms with Crippen LogP contribution in [-0.2, 0) is 6.54 Å². The van der Waals surface area contributed by atoms with Crippen molar-refractivity contribution >= 4 is 0 Å². The maximum Gasteiger partial charge on any atom is 0.0991 e. The summed E-state index contributed by atoms with van der Waals surface area (Å²) in [7, 11) is 0. The average Bonchev–Trinajstić information content (AvgIpc) is 2.77. The fraction of sp³-hybridized carbons (Fsp3) is 0.500. The Hall–Kier alpha value is -1.33. The molecule has 84 valence electrons. The zero-order chi connectivity index (χ0) is 11.4. The van der Waals surface area contributed by atoms with Gasteiger partial charge in [-0.2, -0.15) is 5.26 Å². The molecule has 1 aliphatic heterocycles. The molecule has 1 atom stereocenters. The molecule has 0 bridgehead atoms. The largest absolute Gasteiger partial charge is 0.296 e. The molecule has 1 unspecified atom stereocenters. The van der Waals surface area contributed by atoms with Crippen molar-refractivity contribution in [2.75, 3.05) is 6.54 Å². The van der Waals surface area contributed by atoms with Crippen molar-refractivity contribution in [2.45, 2.75) is 38.8 Å². The predicted octanol–water partition coefficient (Wildman–Crippen LogP) is 2.93. The molecule has 2 heteroatoms. The quantitative estimate of drug-likeness (QED) is 0.773. The van der Waals surface area contributed by atoms with Crippen molar-refractivity contribution in [1.82, 2.24) is 4.90 Å². The summed E-state index contributed by atoms with van der Waals surface area (Å²) in [5.41, 5.74) is 2.07. The van der Waals surface area contributed by atoms with Gasteiger partial charge in [-0.15, -0.1) is 0 Å². The minimum Gasteiger partial charge on any atom is -0.296 e. The van der Waals surface area contributed by atoms with Gasteiger partial charge in [0.1, 0.15) is 0 Å². The third kappa shape index (κ3) is 2.43. The lowest BCUT2D eigenvalue weighted by atomic mass is 10.1. The highest BCUT2D eigenvalue weighted by Gasteiger charge is 2.22. The van der Waals surface area contributed by atoms with Gasteiger partial charge in [0.25, 0.3) is 0 Å². The predicted molar refractivity (Wildman–Crippen MR) is 64.9 cm³/mol. The van der Waals surface area contributed by atoms with Crippen LogP contribution < -0.4 is 0 Å². The molecule has 1 fully saturated rings.